The van der Waals surface area contributed by atoms with E-state index in [0.717, 1.165) is 32.0 Å². The molecule has 1 aliphatic carbocycles. The van der Waals surface area contributed by atoms with Crippen LogP contribution in [-0.4, -0.2) is 39.3 Å². The molecule has 0 aliphatic heterocycles. The van der Waals surface area contributed by atoms with E-state index >= 15 is 0 Å². The van der Waals surface area contributed by atoms with E-state index in [1.165, 1.54) is 11.1 Å². The summed E-state index contributed by atoms with van der Waals surface area (Å²) >= 11 is 0. The second kappa shape index (κ2) is 9.18. The Morgan fingerprint density at radius 1 is 1.35 bits per heavy atom. The minimum absolute atomic E-state index is 0. The maximum absolute atomic E-state index is 5.03. The van der Waals surface area contributed by atoms with Crippen LogP contribution in [0, 0.1) is 0 Å². The number of hydrogen-bond acceptors (Lipinski definition) is 2. The van der Waals surface area contributed by atoms with Gasteiger partial charge in [-0.15, -0.1) is 24.0 Å². The second-order valence-corrected chi connectivity index (χ2v) is 4.74. The Bertz CT molecular complexity index is 437. The van der Waals surface area contributed by atoms with Crippen molar-refractivity contribution >= 4 is 29.9 Å². The Labute approximate surface area is 138 Å². The molecule has 5 heteroatoms. The van der Waals surface area contributed by atoms with E-state index in [0.29, 0.717) is 12.5 Å². The molecule has 20 heavy (non-hydrogen) atoms. The smallest absolute Gasteiger partial charge is 0.191 e. The molecule has 0 fully saturated rings. The molecule has 0 aromatic heterocycles. The highest BCUT2D eigenvalue weighted by Crippen LogP contribution is 2.34. The SMILES string of the molecule is CCNC(=NCC1Cc2ccccc21)NCCOC.I. The summed E-state index contributed by atoms with van der Waals surface area (Å²) in [5, 5.41) is 6.52. The van der Waals surface area contributed by atoms with Gasteiger partial charge in [-0.3, -0.25) is 4.99 Å². The van der Waals surface area contributed by atoms with Gasteiger partial charge < -0.3 is 15.4 Å². The van der Waals surface area contributed by atoms with Gasteiger partial charge in [0.25, 0.3) is 0 Å². The quantitative estimate of drug-likeness (QED) is 0.339. The first-order chi connectivity index (χ1) is 9.35. The van der Waals surface area contributed by atoms with Crippen molar-refractivity contribution in [3.05, 3.63) is 35.4 Å². The highest BCUT2D eigenvalue weighted by molar-refractivity contribution is 14.0. The molecular weight excluding hydrogens is 365 g/mol. The van der Waals surface area contributed by atoms with Crippen LogP contribution < -0.4 is 10.6 Å². The minimum atomic E-state index is 0. The first-order valence-electron chi connectivity index (χ1n) is 6.94. The molecule has 0 saturated carbocycles. The van der Waals surface area contributed by atoms with Gasteiger partial charge in [0.05, 0.1) is 6.61 Å². The maximum Gasteiger partial charge on any atom is 0.191 e. The summed E-state index contributed by atoms with van der Waals surface area (Å²) in [4.78, 5) is 4.65. The molecular formula is C15H24IN3O. The molecule has 0 saturated heterocycles. The standard InChI is InChI=1S/C15H23N3O.HI/c1-3-16-15(17-8-9-19-2)18-11-13-10-12-6-4-5-7-14(12)13;/h4-7,13H,3,8-11H2,1-2H3,(H2,16,17,18);1H. The number of ether oxygens (including phenoxy) is 1. The van der Waals surface area contributed by atoms with E-state index < -0.39 is 0 Å². The fourth-order valence-corrected chi connectivity index (χ4v) is 2.34. The number of hydrogen-bond donors (Lipinski definition) is 2. The maximum atomic E-state index is 5.03. The lowest BCUT2D eigenvalue weighted by atomic mass is 9.78. The van der Waals surface area contributed by atoms with E-state index in [4.69, 9.17) is 4.74 Å². The lowest BCUT2D eigenvalue weighted by Gasteiger charge is -2.28. The first-order valence-corrected chi connectivity index (χ1v) is 6.94. The number of aliphatic imine (C=N–C) groups is 1. The normalized spacial score (nSPS) is 16.7. The van der Waals surface area contributed by atoms with E-state index in [-0.39, 0.29) is 24.0 Å². The van der Waals surface area contributed by atoms with Crippen molar-refractivity contribution in [1.82, 2.24) is 10.6 Å². The van der Waals surface area contributed by atoms with Crippen LogP contribution in [0.2, 0.25) is 0 Å². The average Bonchev–Trinajstić information content (AvgIpc) is 2.40. The number of nitrogens with one attached hydrogen (secondary N) is 2. The summed E-state index contributed by atoms with van der Waals surface area (Å²) in [5.41, 5.74) is 2.93. The van der Waals surface area contributed by atoms with Gasteiger partial charge in [0.1, 0.15) is 0 Å². The fraction of sp³-hybridized carbons (Fsp3) is 0.533. The molecule has 1 aromatic carbocycles. The summed E-state index contributed by atoms with van der Waals surface area (Å²) < 4.78 is 5.03. The lowest BCUT2D eigenvalue weighted by Crippen LogP contribution is -2.39. The number of methoxy groups -OCH3 is 1. The van der Waals surface area contributed by atoms with Crippen molar-refractivity contribution in [2.45, 2.75) is 19.3 Å². The lowest BCUT2D eigenvalue weighted by molar-refractivity contribution is 0.203. The van der Waals surface area contributed by atoms with Gasteiger partial charge in [0.2, 0.25) is 0 Å². The third kappa shape index (κ3) is 4.63. The number of halogens is 1. The average molecular weight is 389 g/mol. The van der Waals surface area contributed by atoms with Crippen LogP contribution in [0.5, 0.6) is 0 Å². The van der Waals surface area contributed by atoms with Crippen LogP contribution in [0.15, 0.2) is 29.3 Å². The van der Waals surface area contributed by atoms with Crippen LogP contribution in [0.3, 0.4) is 0 Å². The van der Waals surface area contributed by atoms with Crippen molar-refractivity contribution in [3.63, 3.8) is 0 Å². The van der Waals surface area contributed by atoms with Gasteiger partial charge >= 0.3 is 0 Å². The highest BCUT2D eigenvalue weighted by Gasteiger charge is 2.24. The summed E-state index contributed by atoms with van der Waals surface area (Å²) in [6, 6.07) is 8.63. The monoisotopic (exact) mass is 389 g/mol. The summed E-state index contributed by atoms with van der Waals surface area (Å²) in [6.07, 6.45) is 1.15. The molecule has 1 aliphatic rings. The topological polar surface area (TPSA) is 45.7 Å². The van der Waals surface area contributed by atoms with Gasteiger partial charge in [0.15, 0.2) is 5.96 Å². The summed E-state index contributed by atoms with van der Waals surface area (Å²) in [7, 11) is 1.71. The molecule has 2 rings (SSSR count). The number of fused-ring (bicyclic) bond motifs is 1. The van der Waals surface area contributed by atoms with Gasteiger partial charge in [-0.2, -0.15) is 0 Å². The number of benzene rings is 1. The van der Waals surface area contributed by atoms with Gasteiger partial charge in [-0.05, 0) is 24.5 Å². The molecule has 0 radical (unpaired) electrons. The third-order valence-electron chi connectivity index (χ3n) is 3.37. The van der Waals surface area contributed by atoms with Gasteiger partial charge in [-0.1, -0.05) is 24.3 Å². The van der Waals surface area contributed by atoms with Crippen molar-refractivity contribution in [2.75, 3.05) is 33.4 Å². The number of guanidine groups is 1. The Hall–Kier alpha value is -0.820. The van der Waals surface area contributed by atoms with Crippen LogP contribution >= 0.6 is 24.0 Å². The fourth-order valence-electron chi connectivity index (χ4n) is 2.34. The zero-order chi connectivity index (χ0) is 13.5. The van der Waals surface area contributed by atoms with Gasteiger partial charge in [-0.25, -0.2) is 0 Å². The molecule has 0 amide bonds. The van der Waals surface area contributed by atoms with Crippen LogP contribution in [-0.2, 0) is 11.2 Å². The van der Waals surface area contributed by atoms with Gasteiger partial charge in [0, 0.05) is 32.7 Å². The predicted molar refractivity (Wildman–Crippen MR) is 94.2 cm³/mol. The minimum Gasteiger partial charge on any atom is -0.383 e. The van der Waals surface area contributed by atoms with Crippen LogP contribution in [0.1, 0.15) is 24.0 Å². The Morgan fingerprint density at radius 3 is 2.85 bits per heavy atom. The first kappa shape index (κ1) is 17.2. The molecule has 1 aromatic rings. The second-order valence-electron chi connectivity index (χ2n) is 4.74. The molecule has 0 bridgehead atoms. The molecule has 112 valence electrons. The van der Waals surface area contributed by atoms with E-state index in [9.17, 15) is 0 Å². The van der Waals surface area contributed by atoms with Crippen molar-refractivity contribution in [2.24, 2.45) is 4.99 Å². The van der Waals surface area contributed by atoms with Crippen molar-refractivity contribution in [3.8, 4) is 0 Å². The predicted octanol–water partition coefficient (Wildman–Crippen LogP) is 2.15. The molecule has 4 nitrogen and oxygen atoms in total. The Morgan fingerprint density at radius 2 is 2.15 bits per heavy atom. The molecule has 1 atom stereocenters. The molecule has 1 unspecified atom stereocenters. The van der Waals surface area contributed by atoms with Crippen molar-refractivity contribution in [1.29, 1.82) is 0 Å². The number of nitrogens with zero attached hydrogens (tertiary/aromatic N) is 1. The third-order valence-corrected chi connectivity index (χ3v) is 3.37. The molecule has 2 N–H and O–H groups in total. The van der Waals surface area contributed by atoms with Crippen LogP contribution in [0.4, 0.5) is 0 Å². The largest absolute Gasteiger partial charge is 0.383 e. The van der Waals surface area contributed by atoms with E-state index in [1.54, 1.807) is 7.11 Å². The highest BCUT2D eigenvalue weighted by atomic mass is 127. The van der Waals surface area contributed by atoms with E-state index in [2.05, 4.69) is 46.8 Å². The van der Waals surface area contributed by atoms with Crippen molar-refractivity contribution < 1.29 is 4.74 Å². The molecule has 0 heterocycles. The van der Waals surface area contributed by atoms with E-state index in [1.807, 2.05) is 0 Å². The Balaban J connectivity index is 0.00000200. The zero-order valence-electron chi connectivity index (χ0n) is 12.2. The number of rotatable bonds is 6. The Kier molecular flexibility index (Phi) is 7.91. The molecule has 0 spiro atoms. The van der Waals surface area contributed by atoms with Crippen LogP contribution in [0.25, 0.3) is 0 Å². The summed E-state index contributed by atoms with van der Waals surface area (Å²) in [5.74, 6) is 1.46. The summed E-state index contributed by atoms with van der Waals surface area (Å²) in [6.45, 7) is 5.27. The zero-order valence-corrected chi connectivity index (χ0v) is 14.5.